The summed E-state index contributed by atoms with van der Waals surface area (Å²) in [7, 11) is 0. The van der Waals surface area contributed by atoms with Crippen LogP contribution in [0.15, 0.2) is 33.9 Å². The second-order valence-corrected chi connectivity index (χ2v) is 7.36. The van der Waals surface area contributed by atoms with Gasteiger partial charge < -0.3 is 5.11 Å². The Morgan fingerprint density at radius 3 is 2.39 bits per heavy atom. The van der Waals surface area contributed by atoms with Gasteiger partial charge in [0, 0.05) is 0 Å². The first kappa shape index (κ1) is 18.5. The van der Waals surface area contributed by atoms with Gasteiger partial charge in [-0.05, 0) is 36.0 Å². The summed E-state index contributed by atoms with van der Waals surface area (Å²) in [4.78, 5) is 28.6. The number of nitrogens with zero attached hydrogens (tertiary/aromatic N) is 2. The lowest BCUT2D eigenvalue weighted by Crippen LogP contribution is -2.25. The van der Waals surface area contributed by atoms with Crippen LogP contribution in [0.25, 0.3) is 11.0 Å². The van der Waals surface area contributed by atoms with E-state index in [2.05, 4.69) is 15.1 Å². The van der Waals surface area contributed by atoms with Gasteiger partial charge in [-0.3, -0.25) is 14.8 Å². The largest absolute Gasteiger partial charge is 0.416 e. The third-order valence-corrected chi connectivity index (χ3v) is 5.32. The van der Waals surface area contributed by atoms with Crippen LogP contribution in [0.2, 0.25) is 0 Å². The number of benzene rings is 1. The number of nitrogens with one attached hydrogen (secondary N) is 2. The van der Waals surface area contributed by atoms with E-state index in [4.69, 9.17) is 0 Å². The molecule has 0 bridgehead atoms. The van der Waals surface area contributed by atoms with E-state index < -0.39 is 35.6 Å². The van der Waals surface area contributed by atoms with Crippen molar-refractivity contribution in [1.29, 1.82) is 0 Å². The first-order chi connectivity index (χ1) is 13.1. The van der Waals surface area contributed by atoms with Crippen LogP contribution in [0.4, 0.5) is 13.2 Å². The van der Waals surface area contributed by atoms with Gasteiger partial charge in [0.25, 0.3) is 5.56 Å². The molecular formula is C18H17F3N4O3. The lowest BCUT2D eigenvalue weighted by molar-refractivity contribution is -0.137. The van der Waals surface area contributed by atoms with E-state index in [1.54, 1.807) is 0 Å². The summed E-state index contributed by atoms with van der Waals surface area (Å²) in [5.74, 6) is 0. The first-order valence-corrected chi connectivity index (χ1v) is 8.66. The maximum absolute atomic E-state index is 12.9. The molecule has 0 amide bonds. The molecule has 3 N–H and O–H groups in total. The molecule has 0 radical (unpaired) electrons. The molecule has 148 valence electrons. The van der Waals surface area contributed by atoms with Gasteiger partial charge in [-0.15, -0.1) is 0 Å². The predicted octanol–water partition coefficient (Wildman–Crippen LogP) is 2.31. The summed E-state index contributed by atoms with van der Waals surface area (Å²) in [6, 6.07) is 4.27. The SMILES string of the molecule is CC1([C@@H](c2ccc(C(F)(F)F)cc2)n2nc(CO)c3c(=O)[nH]c(=O)[nH]c32)CC1. The average Bonchev–Trinajstić information content (AvgIpc) is 3.25. The lowest BCUT2D eigenvalue weighted by Gasteiger charge is -2.25. The summed E-state index contributed by atoms with van der Waals surface area (Å²) < 4.78 is 40.2. The quantitative estimate of drug-likeness (QED) is 0.632. The Hall–Kier alpha value is -2.88. The summed E-state index contributed by atoms with van der Waals surface area (Å²) >= 11 is 0. The standard InChI is InChI=1S/C18H17F3N4O3/c1-17(6-7-17)13(9-2-4-10(5-3-9)18(19,20)21)25-14-12(11(8-26)24-25)15(27)23-16(28)22-14/h2-5,13,26H,6-8H2,1H3,(H2,22,23,27,28)/t13-/m1/s1. The number of halogens is 3. The van der Waals surface area contributed by atoms with E-state index in [1.807, 2.05) is 6.92 Å². The van der Waals surface area contributed by atoms with Crippen LogP contribution >= 0.6 is 0 Å². The number of H-pyrrole nitrogens is 2. The molecule has 3 aromatic rings. The highest BCUT2D eigenvalue weighted by atomic mass is 19.4. The molecule has 0 spiro atoms. The molecule has 1 aliphatic rings. The van der Waals surface area contributed by atoms with Gasteiger partial charge in [-0.2, -0.15) is 18.3 Å². The molecule has 1 aromatic carbocycles. The third-order valence-electron chi connectivity index (χ3n) is 5.32. The predicted molar refractivity (Wildman–Crippen MR) is 93.8 cm³/mol. The molecule has 10 heteroatoms. The molecule has 28 heavy (non-hydrogen) atoms. The smallest absolute Gasteiger partial charge is 0.390 e. The summed E-state index contributed by atoms with van der Waals surface area (Å²) in [6.45, 7) is 1.45. The van der Waals surface area contributed by atoms with E-state index in [9.17, 15) is 27.9 Å². The highest BCUT2D eigenvalue weighted by molar-refractivity contribution is 5.77. The molecule has 0 unspecified atom stereocenters. The molecule has 0 saturated heterocycles. The maximum atomic E-state index is 12.9. The first-order valence-electron chi connectivity index (χ1n) is 8.66. The van der Waals surface area contributed by atoms with Crippen molar-refractivity contribution in [2.45, 2.75) is 38.6 Å². The van der Waals surface area contributed by atoms with E-state index in [-0.39, 0.29) is 22.1 Å². The van der Waals surface area contributed by atoms with E-state index in [0.29, 0.717) is 5.56 Å². The van der Waals surface area contributed by atoms with Crippen LogP contribution in [0, 0.1) is 5.41 Å². The minimum atomic E-state index is -4.45. The highest BCUT2D eigenvalue weighted by Crippen LogP contribution is 2.56. The fraction of sp³-hybridized carbons (Fsp3) is 0.389. The molecule has 7 nitrogen and oxygen atoms in total. The van der Waals surface area contributed by atoms with Crippen molar-refractivity contribution in [1.82, 2.24) is 19.7 Å². The van der Waals surface area contributed by atoms with Crippen LogP contribution in [-0.4, -0.2) is 24.9 Å². The normalized spacial score (nSPS) is 17.0. The fourth-order valence-electron chi connectivity index (χ4n) is 3.61. The molecule has 4 rings (SSSR count). The van der Waals surface area contributed by atoms with Crippen LogP contribution in [0.5, 0.6) is 0 Å². The number of alkyl halides is 3. The third kappa shape index (κ3) is 2.93. The summed E-state index contributed by atoms with van der Waals surface area (Å²) in [6.07, 6.45) is -2.83. The number of aromatic nitrogens is 4. The van der Waals surface area contributed by atoms with Crippen molar-refractivity contribution in [3.63, 3.8) is 0 Å². The van der Waals surface area contributed by atoms with Crippen LogP contribution in [0.1, 0.15) is 42.6 Å². The topological polar surface area (TPSA) is 104 Å². The zero-order chi connectivity index (χ0) is 20.3. The molecule has 1 aliphatic carbocycles. The Bertz CT molecular complexity index is 1150. The second kappa shape index (κ2) is 6.06. The van der Waals surface area contributed by atoms with Gasteiger partial charge in [0.1, 0.15) is 16.7 Å². The maximum Gasteiger partial charge on any atom is 0.416 e. The molecular weight excluding hydrogens is 377 g/mol. The number of aliphatic hydroxyl groups excluding tert-OH is 1. The van der Waals surface area contributed by atoms with Gasteiger partial charge in [-0.1, -0.05) is 19.1 Å². The Morgan fingerprint density at radius 1 is 1.21 bits per heavy atom. The van der Waals surface area contributed by atoms with E-state index in [1.165, 1.54) is 16.8 Å². The van der Waals surface area contributed by atoms with Crippen molar-refractivity contribution in [3.8, 4) is 0 Å². The van der Waals surface area contributed by atoms with E-state index >= 15 is 0 Å². The number of fused-ring (bicyclic) bond motifs is 1. The van der Waals surface area contributed by atoms with Crippen LogP contribution in [-0.2, 0) is 12.8 Å². The van der Waals surface area contributed by atoms with Gasteiger partial charge in [0.05, 0.1) is 18.2 Å². The van der Waals surface area contributed by atoms with Crippen molar-refractivity contribution in [2.75, 3.05) is 0 Å². The molecule has 1 fully saturated rings. The lowest BCUT2D eigenvalue weighted by atomic mass is 9.91. The Morgan fingerprint density at radius 2 is 1.86 bits per heavy atom. The number of hydrogen-bond donors (Lipinski definition) is 3. The minimum Gasteiger partial charge on any atom is -0.390 e. The Balaban J connectivity index is 1.93. The van der Waals surface area contributed by atoms with Gasteiger partial charge >= 0.3 is 11.9 Å². The number of aliphatic hydroxyl groups is 1. The highest BCUT2D eigenvalue weighted by Gasteiger charge is 2.48. The molecule has 2 heterocycles. The number of hydrogen-bond acceptors (Lipinski definition) is 4. The Kier molecular flexibility index (Phi) is 4.00. The number of rotatable bonds is 4. The molecule has 0 aliphatic heterocycles. The van der Waals surface area contributed by atoms with Gasteiger partial charge in [0.15, 0.2) is 0 Å². The van der Waals surface area contributed by atoms with Gasteiger partial charge in [0.2, 0.25) is 0 Å². The van der Waals surface area contributed by atoms with Crippen molar-refractivity contribution >= 4 is 11.0 Å². The van der Waals surface area contributed by atoms with Crippen molar-refractivity contribution in [3.05, 3.63) is 61.9 Å². The van der Waals surface area contributed by atoms with Gasteiger partial charge in [-0.25, -0.2) is 9.48 Å². The van der Waals surface area contributed by atoms with E-state index in [0.717, 1.165) is 25.0 Å². The fourth-order valence-corrected chi connectivity index (χ4v) is 3.61. The van der Waals surface area contributed by atoms with Crippen molar-refractivity contribution < 1.29 is 18.3 Å². The Labute approximate surface area is 155 Å². The van der Waals surface area contributed by atoms with Crippen molar-refractivity contribution in [2.24, 2.45) is 5.41 Å². The summed E-state index contributed by atoms with van der Waals surface area (Å²) in [5, 5.41) is 14.0. The average molecular weight is 394 g/mol. The minimum absolute atomic E-state index is 0.0586. The molecule has 1 saturated carbocycles. The summed E-state index contributed by atoms with van der Waals surface area (Å²) in [5.41, 5.74) is -1.67. The van der Waals surface area contributed by atoms with Crippen LogP contribution in [0.3, 0.4) is 0 Å². The number of aromatic amines is 2. The molecule has 1 atom stereocenters. The van der Waals surface area contributed by atoms with Crippen LogP contribution < -0.4 is 11.2 Å². The molecule has 2 aromatic heterocycles. The zero-order valence-corrected chi connectivity index (χ0v) is 14.8. The second-order valence-electron chi connectivity index (χ2n) is 7.36. The monoisotopic (exact) mass is 394 g/mol. The zero-order valence-electron chi connectivity index (χ0n) is 14.8.